The minimum absolute atomic E-state index is 0.0816. The number of pyridine rings is 1. The van der Waals surface area contributed by atoms with E-state index in [0.29, 0.717) is 16.9 Å². The number of rotatable bonds is 2. The number of benzene rings is 1. The van der Waals surface area contributed by atoms with Crippen LogP contribution in [0.3, 0.4) is 0 Å². The highest BCUT2D eigenvalue weighted by Crippen LogP contribution is 2.21. The van der Waals surface area contributed by atoms with Gasteiger partial charge in [-0.3, -0.25) is 4.98 Å². The first-order valence-electron chi connectivity index (χ1n) is 4.82. The molecule has 1 aromatic heterocycles. The van der Waals surface area contributed by atoms with Crippen molar-refractivity contribution in [3.63, 3.8) is 0 Å². The van der Waals surface area contributed by atoms with E-state index in [0.717, 1.165) is 0 Å². The Balaban J connectivity index is 2.43. The lowest BCUT2D eigenvalue weighted by Crippen LogP contribution is -1.97. The zero-order valence-corrected chi connectivity index (χ0v) is 8.72. The number of hydrogen-bond donors (Lipinski definition) is 2. The summed E-state index contributed by atoms with van der Waals surface area (Å²) < 4.78 is 13.1. The highest BCUT2D eigenvalue weighted by Gasteiger charge is 2.06. The van der Waals surface area contributed by atoms with Crippen molar-refractivity contribution >= 4 is 11.7 Å². The number of carbonyl (C=O) groups is 1. The predicted molar refractivity (Wildman–Crippen MR) is 61.0 cm³/mol. The Bertz CT molecular complexity index is 547. The SMILES string of the molecule is Nc1cc(F)cc(-c2ccc(C(=O)O)cn2)c1. The number of aromatic nitrogens is 1. The van der Waals surface area contributed by atoms with Gasteiger partial charge in [-0.05, 0) is 30.3 Å². The van der Waals surface area contributed by atoms with E-state index in [2.05, 4.69) is 4.98 Å². The largest absolute Gasteiger partial charge is 0.478 e. The molecule has 86 valence electrons. The molecule has 1 aromatic carbocycles. The minimum Gasteiger partial charge on any atom is -0.478 e. The second-order valence-corrected chi connectivity index (χ2v) is 3.51. The Labute approximate surface area is 96.5 Å². The van der Waals surface area contributed by atoms with Gasteiger partial charge >= 0.3 is 5.97 Å². The molecule has 0 saturated carbocycles. The number of nitrogens with zero attached hydrogens (tertiary/aromatic N) is 1. The van der Waals surface area contributed by atoms with Crippen LogP contribution in [0.25, 0.3) is 11.3 Å². The van der Waals surface area contributed by atoms with Crippen molar-refractivity contribution in [2.45, 2.75) is 0 Å². The van der Waals surface area contributed by atoms with E-state index in [1.165, 1.54) is 30.5 Å². The topological polar surface area (TPSA) is 76.2 Å². The third kappa shape index (κ3) is 2.39. The maximum atomic E-state index is 13.1. The van der Waals surface area contributed by atoms with Crippen LogP contribution >= 0.6 is 0 Å². The zero-order valence-electron chi connectivity index (χ0n) is 8.72. The van der Waals surface area contributed by atoms with Crippen molar-refractivity contribution in [1.29, 1.82) is 0 Å². The van der Waals surface area contributed by atoms with Crippen LogP contribution in [0.15, 0.2) is 36.5 Å². The van der Waals surface area contributed by atoms with Crippen molar-refractivity contribution in [1.82, 2.24) is 4.98 Å². The Morgan fingerprint density at radius 1 is 1.29 bits per heavy atom. The highest BCUT2D eigenvalue weighted by atomic mass is 19.1. The molecule has 0 saturated heterocycles. The number of carboxylic acids is 1. The van der Waals surface area contributed by atoms with E-state index in [9.17, 15) is 9.18 Å². The monoisotopic (exact) mass is 232 g/mol. The van der Waals surface area contributed by atoms with E-state index < -0.39 is 11.8 Å². The fourth-order valence-corrected chi connectivity index (χ4v) is 1.45. The van der Waals surface area contributed by atoms with E-state index in [4.69, 9.17) is 10.8 Å². The van der Waals surface area contributed by atoms with Crippen molar-refractivity contribution < 1.29 is 14.3 Å². The van der Waals surface area contributed by atoms with E-state index in [1.54, 1.807) is 6.07 Å². The first-order valence-corrected chi connectivity index (χ1v) is 4.82. The number of anilines is 1. The quantitative estimate of drug-likeness (QED) is 0.778. The minimum atomic E-state index is -1.05. The number of carboxylic acid groups (broad SMARTS) is 1. The molecule has 2 rings (SSSR count). The molecular formula is C12H9FN2O2. The summed E-state index contributed by atoms with van der Waals surface area (Å²) in [6.07, 6.45) is 1.22. The second kappa shape index (κ2) is 4.21. The van der Waals surface area contributed by atoms with Gasteiger partial charge in [0, 0.05) is 17.4 Å². The molecule has 5 heteroatoms. The van der Waals surface area contributed by atoms with Gasteiger partial charge in [-0.15, -0.1) is 0 Å². The molecule has 0 amide bonds. The van der Waals surface area contributed by atoms with Crippen LogP contribution in [-0.4, -0.2) is 16.1 Å². The van der Waals surface area contributed by atoms with Crippen LogP contribution in [-0.2, 0) is 0 Å². The van der Waals surface area contributed by atoms with Crippen LogP contribution in [0.4, 0.5) is 10.1 Å². The molecule has 0 fully saturated rings. The molecule has 0 unspecified atom stereocenters. The van der Waals surface area contributed by atoms with Gasteiger partial charge in [-0.2, -0.15) is 0 Å². The van der Waals surface area contributed by atoms with Crippen molar-refractivity contribution in [3.8, 4) is 11.3 Å². The Morgan fingerprint density at radius 2 is 2.06 bits per heavy atom. The molecule has 0 bridgehead atoms. The zero-order chi connectivity index (χ0) is 12.4. The lowest BCUT2D eigenvalue weighted by molar-refractivity contribution is 0.0696. The number of aromatic carboxylic acids is 1. The summed E-state index contributed by atoms with van der Waals surface area (Å²) in [6, 6.07) is 6.99. The maximum absolute atomic E-state index is 13.1. The fourth-order valence-electron chi connectivity index (χ4n) is 1.45. The summed E-state index contributed by atoms with van der Waals surface area (Å²) in [6.45, 7) is 0. The molecule has 2 aromatic rings. The van der Waals surface area contributed by atoms with Crippen molar-refractivity contribution in [3.05, 3.63) is 47.9 Å². The molecule has 4 nitrogen and oxygen atoms in total. The standard InChI is InChI=1S/C12H9FN2O2/c13-9-3-8(4-10(14)5-9)11-2-1-7(6-15-11)12(16)17/h1-6H,14H2,(H,16,17). The van der Waals surface area contributed by atoms with E-state index in [-0.39, 0.29) is 5.56 Å². The molecule has 0 aliphatic heterocycles. The average Bonchev–Trinajstić information content (AvgIpc) is 2.28. The fraction of sp³-hybridized carbons (Fsp3) is 0. The summed E-state index contributed by atoms with van der Waals surface area (Å²) in [7, 11) is 0. The molecule has 17 heavy (non-hydrogen) atoms. The molecule has 3 N–H and O–H groups in total. The second-order valence-electron chi connectivity index (χ2n) is 3.51. The number of nitrogens with two attached hydrogens (primary N) is 1. The van der Waals surface area contributed by atoms with Crippen LogP contribution in [0.1, 0.15) is 10.4 Å². The lowest BCUT2D eigenvalue weighted by atomic mass is 10.1. The number of hydrogen-bond acceptors (Lipinski definition) is 3. The molecule has 0 aliphatic rings. The Morgan fingerprint density at radius 3 is 2.59 bits per heavy atom. The normalized spacial score (nSPS) is 10.2. The number of halogens is 1. The summed E-state index contributed by atoms with van der Waals surface area (Å²) in [5, 5.41) is 8.71. The van der Waals surface area contributed by atoms with Gasteiger partial charge in [0.25, 0.3) is 0 Å². The van der Waals surface area contributed by atoms with E-state index >= 15 is 0 Å². The number of nitrogen functional groups attached to an aromatic ring is 1. The predicted octanol–water partition coefficient (Wildman–Crippen LogP) is 2.17. The van der Waals surface area contributed by atoms with Gasteiger partial charge in [0.1, 0.15) is 5.82 Å². The first-order chi connectivity index (χ1) is 8.06. The summed E-state index contributed by atoms with van der Waals surface area (Å²) in [5.41, 5.74) is 6.88. The van der Waals surface area contributed by atoms with Crippen LogP contribution in [0.5, 0.6) is 0 Å². The summed E-state index contributed by atoms with van der Waals surface area (Å²) in [5.74, 6) is -1.51. The lowest BCUT2D eigenvalue weighted by Gasteiger charge is -2.03. The van der Waals surface area contributed by atoms with Gasteiger partial charge in [-0.1, -0.05) is 0 Å². The van der Waals surface area contributed by atoms with Crippen molar-refractivity contribution in [2.75, 3.05) is 5.73 Å². The Hall–Kier alpha value is -2.43. The molecule has 0 spiro atoms. The first kappa shape index (κ1) is 11.1. The van der Waals surface area contributed by atoms with E-state index in [1.807, 2.05) is 0 Å². The van der Waals surface area contributed by atoms with Crippen LogP contribution < -0.4 is 5.73 Å². The third-order valence-corrected chi connectivity index (χ3v) is 2.23. The van der Waals surface area contributed by atoms with Gasteiger partial charge in [0.2, 0.25) is 0 Å². The third-order valence-electron chi connectivity index (χ3n) is 2.23. The Kier molecular flexibility index (Phi) is 2.74. The van der Waals surface area contributed by atoms with Crippen LogP contribution in [0, 0.1) is 5.82 Å². The average molecular weight is 232 g/mol. The van der Waals surface area contributed by atoms with Gasteiger partial charge in [0.15, 0.2) is 0 Å². The van der Waals surface area contributed by atoms with Gasteiger partial charge < -0.3 is 10.8 Å². The summed E-state index contributed by atoms with van der Waals surface area (Å²) >= 11 is 0. The van der Waals surface area contributed by atoms with Gasteiger partial charge in [0.05, 0.1) is 11.3 Å². The van der Waals surface area contributed by atoms with Crippen molar-refractivity contribution in [2.24, 2.45) is 0 Å². The summed E-state index contributed by atoms with van der Waals surface area (Å²) in [4.78, 5) is 14.6. The smallest absolute Gasteiger partial charge is 0.337 e. The maximum Gasteiger partial charge on any atom is 0.337 e. The highest BCUT2D eigenvalue weighted by molar-refractivity contribution is 5.87. The molecule has 0 atom stereocenters. The van der Waals surface area contributed by atoms with Gasteiger partial charge in [-0.25, -0.2) is 9.18 Å². The molecular weight excluding hydrogens is 223 g/mol. The van der Waals surface area contributed by atoms with Crippen LogP contribution in [0.2, 0.25) is 0 Å². The molecule has 0 aliphatic carbocycles. The molecule has 1 heterocycles. The molecule has 0 radical (unpaired) electrons.